The third-order valence-electron chi connectivity index (χ3n) is 3.94. The predicted octanol–water partition coefficient (Wildman–Crippen LogP) is 3.79. The highest BCUT2D eigenvalue weighted by Crippen LogP contribution is 2.32. The molecule has 1 aliphatic rings. The molecule has 0 spiro atoms. The summed E-state index contributed by atoms with van der Waals surface area (Å²) in [5.74, 6) is -0.382. The molecule has 0 amide bonds. The zero-order valence-corrected chi connectivity index (χ0v) is 11.6. The Bertz CT molecular complexity index is 477. The van der Waals surface area contributed by atoms with Gasteiger partial charge in [0.05, 0.1) is 5.56 Å². The molecule has 1 fully saturated rings. The van der Waals surface area contributed by atoms with Gasteiger partial charge in [-0.05, 0) is 49.4 Å². The van der Waals surface area contributed by atoms with E-state index in [2.05, 4.69) is 4.90 Å². The molecule has 3 nitrogen and oxygen atoms in total. The Morgan fingerprint density at radius 3 is 2.24 bits per heavy atom. The molecule has 116 valence electrons. The van der Waals surface area contributed by atoms with Crippen molar-refractivity contribution < 1.29 is 23.1 Å². The number of piperidine rings is 1. The minimum atomic E-state index is -4.30. The van der Waals surface area contributed by atoms with Crippen molar-refractivity contribution in [3.63, 3.8) is 0 Å². The number of benzene rings is 1. The highest BCUT2D eigenvalue weighted by Gasteiger charge is 2.30. The fourth-order valence-corrected chi connectivity index (χ4v) is 2.67. The van der Waals surface area contributed by atoms with Crippen molar-refractivity contribution in [2.24, 2.45) is 5.92 Å². The maximum absolute atomic E-state index is 12.5. The van der Waals surface area contributed by atoms with Gasteiger partial charge in [-0.1, -0.05) is 0 Å². The Hall–Kier alpha value is -1.72. The van der Waals surface area contributed by atoms with Crippen molar-refractivity contribution >= 4 is 11.7 Å². The standard InChI is InChI=1S/C15H18F3NO2/c16-15(17,18)12-2-4-13(5-3-12)19-9-7-11(8-10-19)1-6-14(20)21/h2-5,11H,1,6-10H2,(H,20,21). The lowest BCUT2D eigenvalue weighted by atomic mass is 9.92. The number of hydrogen-bond acceptors (Lipinski definition) is 2. The minimum absolute atomic E-state index is 0.185. The molecule has 0 aliphatic carbocycles. The lowest BCUT2D eigenvalue weighted by Crippen LogP contribution is -2.33. The molecule has 0 saturated carbocycles. The lowest BCUT2D eigenvalue weighted by Gasteiger charge is -2.33. The van der Waals surface area contributed by atoms with Crippen LogP contribution in [-0.2, 0) is 11.0 Å². The van der Waals surface area contributed by atoms with Gasteiger partial charge in [-0.15, -0.1) is 0 Å². The van der Waals surface area contributed by atoms with Gasteiger partial charge in [0.2, 0.25) is 0 Å². The number of halogens is 3. The number of nitrogens with zero attached hydrogens (tertiary/aromatic N) is 1. The van der Waals surface area contributed by atoms with Crippen LogP contribution in [0.4, 0.5) is 18.9 Å². The van der Waals surface area contributed by atoms with E-state index in [1.807, 2.05) is 0 Å². The van der Waals surface area contributed by atoms with Gasteiger partial charge in [0, 0.05) is 25.2 Å². The smallest absolute Gasteiger partial charge is 0.416 e. The van der Waals surface area contributed by atoms with Crippen molar-refractivity contribution in [2.45, 2.75) is 31.9 Å². The number of anilines is 1. The van der Waals surface area contributed by atoms with Crippen LogP contribution in [0.2, 0.25) is 0 Å². The van der Waals surface area contributed by atoms with Gasteiger partial charge >= 0.3 is 12.1 Å². The summed E-state index contributed by atoms with van der Waals surface area (Å²) in [7, 11) is 0. The molecule has 0 atom stereocenters. The zero-order chi connectivity index (χ0) is 15.5. The summed E-state index contributed by atoms with van der Waals surface area (Å²) in [6, 6.07) is 5.21. The number of carboxylic acid groups (broad SMARTS) is 1. The third-order valence-corrected chi connectivity index (χ3v) is 3.94. The lowest BCUT2D eigenvalue weighted by molar-refractivity contribution is -0.138. The number of hydrogen-bond donors (Lipinski definition) is 1. The van der Waals surface area contributed by atoms with Gasteiger partial charge in [-0.25, -0.2) is 0 Å². The van der Waals surface area contributed by atoms with Crippen LogP contribution in [0, 0.1) is 5.92 Å². The molecular weight excluding hydrogens is 283 g/mol. The van der Waals surface area contributed by atoms with Crippen molar-refractivity contribution in [2.75, 3.05) is 18.0 Å². The number of rotatable bonds is 4. The molecule has 0 aromatic heterocycles. The third kappa shape index (κ3) is 4.37. The maximum atomic E-state index is 12.5. The number of alkyl halides is 3. The average Bonchev–Trinajstić information content (AvgIpc) is 2.45. The molecule has 0 radical (unpaired) electrons. The Morgan fingerprint density at radius 1 is 1.19 bits per heavy atom. The van der Waals surface area contributed by atoms with Crippen molar-refractivity contribution in [1.29, 1.82) is 0 Å². The monoisotopic (exact) mass is 301 g/mol. The maximum Gasteiger partial charge on any atom is 0.416 e. The molecule has 1 heterocycles. The van der Waals surface area contributed by atoms with E-state index in [9.17, 15) is 18.0 Å². The molecule has 1 aromatic carbocycles. The molecule has 0 unspecified atom stereocenters. The first-order valence-corrected chi connectivity index (χ1v) is 7.00. The van der Waals surface area contributed by atoms with Crippen LogP contribution in [-0.4, -0.2) is 24.2 Å². The van der Waals surface area contributed by atoms with E-state index in [1.165, 1.54) is 12.1 Å². The molecule has 6 heteroatoms. The topological polar surface area (TPSA) is 40.5 Å². The second-order valence-corrected chi connectivity index (χ2v) is 5.41. The van der Waals surface area contributed by atoms with E-state index in [0.717, 1.165) is 43.8 Å². The fourth-order valence-electron chi connectivity index (χ4n) is 2.67. The molecule has 1 N–H and O–H groups in total. The Kier molecular flexibility index (Phi) is 4.75. The van der Waals surface area contributed by atoms with Crippen LogP contribution in [0.3, 0.4) is 0 Å². The van der Waals surface area contributed by atoms with Gasteiger partial charge in [0.15, 0.2) is 0 Å². The Labute approximate surface area is 121 Å². The van der Waals surface area contributed by atoms with Crippen molar-refractivity contribution in [3.8, 4) is 0 Å². The van der Waals surface area contributed by atoms with E-state index in [1.54, 1.807) is 0 Å². The Morgan fingerprint density at radius 2 is 1.76 bits per heavy atom. The first-order chi connectivity index (χ1) is 9.86. The van der Waals surface area contributed by atoms with Gasteiger partial charge < -0.3 is 10.0 Å². The summed E-state index contributed by atoms with van der Waals surface area (Å²) in [6.07, 6.45) is -1.67. The SMILES string of the molecule is O=C(O)CCC1CCN(c2ccc(C(F)(F)F)cc2)CC1. The predicted molar refractivity (Wildman–Crippen MR) is 73.3 cm³/mol. The van der Waals surface area contributed by atoms with Crippen LogP contribution in [0.5, 0.6) is 0 Å². The summed E-state index contributed by atoms with van der Waals surface area (Å²) in [5, 5.41) is 8.66. The molecule has 21 heavy (non-hydrogen) atoms. The summed E-state index contributed by atoms with van der Waals surface area (Å²) in [6.45, 7) is 1.52. The zero-order valence-electron chi connectivity index (χ0n) is 11.6. The second-order valence-electron chi connectivity index (χ2n) is 5.41. The molecular formula is C15H18F3NO2. The highest BCUT2D eigenvalue weighted by atomic mass is 19.4. The summed E-state index contributed by atoms with van der Waals surface area (Å²) in [5.41, 5.74) is 0.155. The van der Waals surface area contributed by atoms with Gasteiger partial charge in [0.25, 0.3) is 0 Å². The minimum Gasteiger partial charge on any atom is -0.481 e. The molecule has 0 bridgehead atoms. The summed E-state index contributed by atoms with van der Waals surface area (Å²) >= 11 is 0. The number of carboxylic acids is 1. The normalized spacial score (nSPS) is 17.0. The molecule has 1 aliphatic heterocycles. The first kappa shape index (κ1) is 15.7. The summed E-state index contributed by atoms with van der Waals surface area (Å²) < 4.78 is 37.5. The molecule has 1 saturated heterocycles. The van der Waals surface area contributed by atoms with Gasteiger partial charge in [0.1, 0.15) is 0 Å². The number of aliphatic carboxylic acids is 1. The van der Waals surface area contributed by atoms with Crippen LogP contribution >= 0.6 is 0 Å². The quantitative estimate of drug-likeness (QED) is 0.920. The van der Waals surface area contributed by atoms with Crippen LogP contribution in [0.1, 0.15) is 31.2 Å². The fraction of sp³-hybridized carbons (Fsp3) is 0.533. The van der Waals surface area contributed by atoms with Crippen LogP contribution in [0.25, 0.3) is 0 Å². The Balaban J connectivity index is 1.89. The average molecular weight is 301 g/mol. The molecule has 1 aromatic rings. The van der Waals surface area contributed by atoms with Crippen LogP contribution < -0.4 is 4.90 Å². The number of carbonyl (C=O) groups is 1. The van der Waals surface area contributed by atoms with Crippen molar-refractivity contribution in [3.05, 3.63) is 29.8 Å². The van der Waals surface area contributed by atoms with Gasteiger partial charge in [-0.3, -0.25) is 4.79 Å². The largest absolute Gasteiger partial charge is 0.481 e. The van der Waals surface area contributed by atoms with E-state index in [0.29, 0.717) is 12.3 Å². The first-order valence-electron chi connectivity index (χ1n) is 7.00. The summed E-state index contributed by atoms with van der Waals surface area (Å²) in [4.78, 5) is 12.6. The van der Waals surface area contributed by atoms with E-state index in [-0.39, 0.29) is 6.42 Å². The highest BCUT2D eigenvalue weighted by molar-refractivity contribution is 5.66. The van der Waals surface area contributed by atoms with Crippen molar-refractivity contribution in [1.82, 2.24) is 0 Å². The van der Waals surface area contributed by atoms with E-state index in [4.69, 9.17) is 5.11 Å². The molecule has 2 rings (SSSR count). The second kappa shape index (κ2) is 6.37. The van der Waals surface area contributed by atoms with Gasteiger partial charge in [-0.2, -0.15) is 13.2 Å². The van der Waals surface area contributed by atoms with E-state index >= 15 is 0 Å². The van der Waals surface area contributed by atoms with E-state index < -0.39 is 17.7 Å². The van der Waals surface area contributed by atoms with Crippen LogP contribution in [0.15, 0.2) is 24.3 Å².